The van der Waals surface area contributed by atoms with Crippen LogP contribution in [0.25, 0.3) is 11.0 Å². The number of likely N-dealkylation sites (N-methyl/N-ethyl adjacent to an activating group) is 1. The predicted octanol–water partition coefficient (Wildman–Crippen LogP) is 0.0666. The molecule has 0 saturated carbocycles. The monoisotopic (exact) mass is 220 g/mol. The van der Waals surface area contributed by atoms with Gasteiger partial charge in [-0.1, -0.05) is 0 Å². The highest BCUT2D eigenvalue weighted by atomic mass is 15.3. The Morgan fingerprint density at radius 2 is 2.19 bits per heavy atom. The summed E-state index contributed by atoms with van der Waals surface area (Å²) >= 11 is 0. The third-order valence-electron chi connectivity index (χ3n) is 2.51. The van der Waals surface area contributed by atoms with E-state index in [4.69, 9.17) is 5.73 Å². The molecule has 0 aliphatic heterocycles. The topological polar surface area (TPSA) is 72.9 Å². The molecule has 0 aliphatic carbocycles. The van der Waals surface area contributed by atoms with Gasteiger partial charge in [-0.05, 0) is 6.92 Å². The van der Waals surface area contributed by atoms with Gasteiger partial charge in [0, 0.05) is 27.2 Å². The van der Waals surface area contributed by atoms with Gasteiger partial charge in [0.15, 0.2) is 5.65 Å². The summed E-state index contributed by atoms with van der Waals surface area (Å²) in [7, 11) is 3.85. The molecule has 0 atom stereocenters. The summed E-state index contributed by atoms with van der Waals surface area (Å²) < 4.78 is 1.75. The molecule has 0 unspecified atom stereocenters. The van der Waals surface area contributed by atoms with Gasteiger partial charge in [-0.3, -0.25) is 4.68 Å². The Labute approximate surface area is 94.1 Å². The predicted molar refractivity (Wildman–Crippen MR) is 63.4 cm³/mol. The van der Waals surface area contributed by atoms with Gasteiger partial charge in [-0.15, -0.1) is 0 Å². The first-order valence-electron chi connectivity index (χ1n) is 5.21. The van der Waals surface area contributed by atoms with E-state index in [9.17, 15) is 0 Å². The molecule has 86 valence electrons. The van der Waals surface area contributed by atoms with Gasteiger partial charge in [0.05, 0.1) is 11.6 Å². The number of aryl methyl sites for hydroxylation is 2. The zero-order valence-corrected chi connectivity index (χ0v) is 9.80. The van der Waals surface area contributed by atoms with E-state index in [2.05, 4.69) is 15.1 Å². The van der Waals surface area contributed by atoms with E-state index in [0.29, 0.717) is 6.54 Å². The van der Waals surface area contributed by atoms with E-state index >= 15 is 0 Å². The van der Waals surface area contributed by atoms with Crippen LogP contribution in [0.15, 0.2) is 6.20 Å². The second kappa shape index (κ2) is 4.05. The van der Waals surface area contributed by atoms with E-state index in [1.807, 2.05) is 25.9 Å². The third kappa shape index (κ3) is 1.71. The minimum Gasteiger partial charge on any atom is -0.358 e. The molecule has 2 aromatic rings. The van der Waals surface area contributed by atoms with Crippen LogP contribution < -0.4 is 10.6 Å². The van der Waals surface area contributed by atoms with Crippen molar-refractivity contribution in [3.8, 4) is 0 Å². The molecule has 2 aromatic heterocycles. The molecule has 16 heavy (non-hydrogen) atoms. The van der Waals surface area contributed by atoms with Crippen molar-refractivity contribution < 1.29 is 0 Å². The Hall–Kier alpha value is -1.69. The molecule has 6 heteroatoms. The zero-order chi connectivity index (χ0) is 11.7. The lowest BCUT2D eigenvalue weighted by molar-refractivity contribution is 0.782. The van der Waals surface area contributed by atoms with Crippen molar-refractivity contribution in [2.45, 2.75) is 6.92 Å². The molecule has 0 bridgehead atoms. The summed E-state index contributed by atoms with van der Waals surface area (Å²) in [4.78, 5) is 10.8. The van der Waals surface area contributed by atoms with Crippen LogP contribution in [0.2, 0.25) is 0 Å². The van der Waals surface area contributed by atoms with E-state index in [0.717, 1.165) is 29.2 Å². The molecular formula is C10H16N6. The Balaban J connectivity index is 2.59. The normalized spacial score (nSPS) is 11.0. The van der Waals surface area contributed by atoms with Crippen LogP contribution >= 0.6 is 0 Å². The molecule has 2 rings (SSSR count). The molecule has 0 radical (unpaired) electrons. The van der Waals surface area contributed by atoms with Gasteiger partial charge in [0.1, 0.15) is 11.6 Å². The maximum Gasteiger partial charge on any atom is 0.163 e. The maximum atomic E-state index is 5.55. The number of hydrogen-bond acceptors (Lipinski definition) is 5. The van der Waals surface area contributed by atoms with Crippen LogP contribution in [-0.2, 0) is 7.05 Å². The summed E-state index contributed by atoms with van der Waals surface area (Å²) in [6.45, 7) is 3.24. The van der Waals surface area contributed by atoms with Crippen molar-refractivity contribution in [1.82, 2.24) is 19.7 Å². The highest BCUT2D eigenvalue weighted by molar-refractivity contribution is 5.86. The molecule has 0 aromatic carbocycles. The van der Waals surface area contributed by atoms with Gasteiger partial charge >= 0.3 is 0 Å². The van der Waals surface area contributed by atoms with E-state index in [1.54, 1.807) is 10.9 Å². The van der Waals surface area contributed by atoms with Gasteiger partial charge in [0.25, 0.3) is 0 Å². The van der Waals surface area contributed by atoms with Crippen LogP contribution in [0.3, 0.4) is 0 Å². The smallest absolute Gasteiger partial charge is 0.163 e. The third-order valence-corrected chi connectivity index (χ3v) is 2.51. The fourth-order valence-electron chi connectivity index (χ4n) is 1.70. The highest BCUT2D eigenvalue weighted by Crippen LogP contribution is 2.21. The van der Waals surface area contributed by atoms with Crippen LogP contribution in [0, 0.1) is 6.92 Å². The number of fused-ring (bicyclic) bond motifs is 1. The van der Waals surface area contributed by atoms with Gasteiger partial charge < -0.3 is 10.6 Å². The quantitative estimate of drug-likeness (QED) is 0.792. The van der Waals surface area contributed by atoms with E-state index in [1.165, 1.54) is 0 Å². The molecule has 0 fully saturated rings. The van der Waals surface area contributed by atoms with Gasteiger partial charge in [0.2, 0.25) is 0 Å². The van der Waals surface area contributed by atoms with E-state index in [-0.39, 0.29) is 0 Å². The first kappa shape index (κ1) is 10.8. The molecule has 2 heterocycles. The molecular weight excluding hydrogens is 204 g/mol. The number of anilines is 1. The summed E-state index contributed by atoms with van der Waals surface area (Å²) in [5.74, 6) is 1.64. The molecule has 0 spiro atoms. The largest absolute Gasteiger partial charge is 0.358 e. The molecule has 6 nitrogen and oxygen atoms in total. The summed E-state index contributed by atoms with van der Waals surface area (Å²) in [5.41, 5.74) is 6.40. The van der Waals surface area contributed by atoms with E-state index < -0.39 is 0 Å². The molecule has 0 saturated heterocycles. The Kier molecular flexibility index (Phi) is 2.74. The van der Waals surface area contributed by atoms with Gasteiger partial charge in [-0.2, -0.15) is 5.10 Å². The molecule has 2 N–H and O–H groups in total. The van der Waals surface area contributed by atoms with Crippen LogP contribution in [0.5, 0.6) is 0 Å². The van der Waals surface area contributed by atoms with Crippen molar-refractivity contribution >= 4 is 16.9 Å². The standard InChI is InChI=1S/C10H16N6/c1-7-13-9(15(2)5-4-11)8-6-12-16(3)10(8)14-7/h6H,4-5,11H2,1-3H3. The first-order valence-corrected chi connectivity index (χ1v) is 5.21. The Morgan fingerprint density at radius 1 is 1.44 bits per heavy atom. The minimum atomic E-state index is 0.599. The Morgan fingerprint density at radius 3 is 2.88 bits per heavy atom. The summed E-state index contributed by atoms with van der Waals surface area (Å²) in [5, 5.41) is 5.16. The van der Waals surface area contributed by atoms with Crippen molar-refractivity contribution in [3.05, 3.63) is 12.0 Å². The van der Waals surface area contributed by atoms with Crippen LogP contribution in [0.1, 0.15) is 5.82 Å². The fourth-order valence-corrected chi connectivity index (χ4v) is 1.70. The number of aromatic nitrogens is 4. The van der Waals surface area contributed by atoms with Crippen LogP contribution in [0.4, 0.5) is 5.82 Å². The highest BCUT2D eigenvalue weighted by Gasteiger charge is 2.12. The second-order valence-electron chi connectivity index (χ2n) is 3.81. The number of nitrogens with zero attached hydrogens (tertiary/aromatic N) is 5. The van der Waals surface area contributed by atoms with Crippen molar-refractivity contribution in [3.63, 3.8) is 0 Å². The lowest BCUT2D eigenvalue weighted by atomic mass is 10.3. The number of hydrogen-bond donors (Lipinski definition) is 1. The lowest BCUT2D eigenvalue weighted by Crippen LogP contribution is -2.26. The minimum absolute atomic E-state index is 0.599. The molecule has 0 aliphatic rings. The van der Waals surface area contributed by atoms with Gasteiger partial charge in [-0.25, -0.2) is 9.97 Å². The average molecular weight is 220 g/mol. The number of nitrogens with two attached hydrogens (primary N) is 1. The molecule has 0 amide bonds. The SMILES string of the molecule is Cc1nc(N(C)CCN)c2cnn(C)c2n1. The van der Waals surface area contributed by atoms with Crippen LogP contribution in [-0.4, -0.2) is 39.9 Å². The van der Waals surface area contributed by atoms with Crippen molar-refractivity contribution in [1.29, 1.82) is 0 Å². The average Bonchev–Trinajstić information content (AvgIpc) is 2.60. The number of rotatable bonds is 3. The second-order valence-corrected chi connectivity index (χ2v) is 3.81. The maximum absolute atomic E-state index is 5.55. The summed E-state index contributed by atoms with van der Waals surface area (Å²) in [6.07, 6.45) is 1.79. The zero-order valence-electron chi connectivity index (χ0n) is 9.80. The van der Waals surface area contributed by atoms with Crippen molar-refractivity contribution in [2.75, 3.05) is 25.0 Å². The fraction of sp³-hybridized carbons (Fsp3) is 0.500. The van der Waals surface area contributed by atoms with Crippen molar-refractivity contribution in [2.24, 2.45) is 12.8 Å². The summed E-state index contributed by atoms with van der Waals surface area (Å²) in [6, 6.07) is 0. The lowest BCUT2D eigenvalue weighted by Gasteiger charge is -2.17. The first-order chi connectivity index (χ1) is 7.63. The Bertz CT molecular complexity index is 503.